The topological polar surface area (TPSA) is 105 Å². The fraction of sp³-hybridized carbons (Fsp3) is 0.250. The number of thiocarbonyl (C=S) groups is 1. The zero-order valence-electron chi connectivity index (χ0n) is 16.3. The Hall–Kier alpha value is -2.98. The summed E-state index contributed by atoms with van der Waals surface area (Å²) in [5, 5.41) is 5.32. The molecule has 0 spiro atoms. The molecule has 0 aromatic heterocycles. The summed E-state index contributed by atoms with van der Waals surface area (Å²) in [7, 11) is -2.43. The number of amides is 1. The third-order valence-corrected chi connectivity index (χ3v) is 6.61. The lowest BCUT2D eigenvalue weighted by Crippen LogP contribution is -2.34. The van der Waals surface area contributed by atoms with E-state index >= 15 is 0 Å². The maximum absolute atomic E-state index is 13.0. The SMILES string of the molecule is COC(=O)CCC(=O)NC(=S)Nc1ccc(S(=O)(=O)N2CCc3ccccc32)cc1. The number of carbonyl (C=O) groups is 2. The summed E-state index contributed by atoms with van der Waals surface area (Å²) in [6, 6.07) is 13.6. The second-order valence-electron chi connectivity index (χ2n) is 6.56. The van der Waals surface area contributed by atoms with Crippen molar-refractivity contribution < 1.29 is 22.7 Å². The number of benzene rings is 2. The number of nitrogens with one attached hydrogen (secondary N) is 2. The first-order valence-electron chi connectivity index (χ1n) is 9.19. The Labute approximate surface area is 180 Å². The van der Waals surface area contributed by atoms with Crippen LogP contribution in [-0.4, -0.2) is 39.1 Å². The van der Waals surface area contributed by atoms with Crippen LogP contribution in [0, 0.1) is 0 Å². The molecule has 0 unspecified atom stereocenters. The summed E-state index contributed by atoms with van der Waals surface area (Å²) >= 11 is 5.07. The molecule has 30 heavy (non-hydrogen) atoms. The molecule has 2 N–H and O–H groups in total. The van der Waals surface area contributed by atoms with Crippen molar-refractivity contribution in [1.82, 2.24) is 5.32 Å². The summed E-state index contributed by atoms with van der Waals surface area (Å²) in [4.78, 5) is 23.0. The van der Waals surface area contributed by atoms with Crippen molar-refractivity contribution in [3.63, 3.8) is 0 Å². The molecule has 8 nitrogen and oxygen atoms in total. The lowest BCUT2D eigenvalue weighted by atomic mass is 10.2. The molecule has 2 aromatic rings. The molecule has 10 heteroatoms. The van der Waals surface area contributed by atoms with Crippen LogP contribution in [0.5, 0.6) is 0 Å². The molecule has 0 atom stereocenters. The number of ether oxygens (including phenoxy) is 1. The quantitative estimate of drug-likeness (QED) is 0.517. The Morgan fingerprint density at radius 2 is 1.80 bits per heavy atom. The van der Waals surface area contributed by atoms with Crippen LogP contribution < -0.4 is 14.9 Å². The van der Waals surface area contributed by atoms with Gasteiger partial charge in [0.1, 0.15) is 0 Å². The van der Waals surface area contributed by atoms with Gasteiger partial charge in [-0.25, -0.2) is 8.42 Å². The molecule has 1 amide bonds. The minimum Gasteiger partial charge on any atom is -0.469 e. The molecular weight excluding hydrogens is 426 g/mol. The number of carbonyl (C=O) groups excluding carboxylic acids is 2. The van der Waals surface area contributed by atoms with Crippen LogP contribution in [0.3, 0.4) is 0 Å². The van der Waals surface area contributed by atoms with Gasteiger partial charge in [-0.05, 0) is 54.5 Å². The molecule has 158 valence electrons. The van der Waals surface area contributed by atoms with Crippen LogP contribution in [0.1, 0.15) is 18.4 Å². The summed E-state index contributed by atoms with van der Waals surface area (Å²) < 4.78 is 31.9. The first-order chi connectivity index (χ1) is 14.3. The number of hydrogen-bond acceptors (Lipinski definition) is 6. The highest BCUT2D eigenvalue weighted by Crippen LogP contribution is 2.32. The maximum atomic E-state index is 13.0. The van der Waals surface area contributed by atoms with Gasteiger partial charge in [-0.15, -0.1) is 0 Å². The zero-order chi connectivity index (χ0) is 21.7. The average molecular weight is 448 g/mol. The summed E-state index contributed by atoms with van der Waals surface area (Å²) in [5.41, 5.74) is 2.23. The lowest BCUT2D eigenvalue weighted by Gasteiger charge is -2.19. The smallest absolute Gasteiger partial charge is 0.306 e. The number of rotatable bonds is 6. The van der Waals surface area contributed by atoms with Crippen LogP contribution in [0.25, 0.3) is 0 Å². The van der Waals surface area contributed by atoms with E-state index in [0.717, 1.165) is 5.56 Å². The first kappa shape index (κ1) is 21.7. The molecular formula is C20H21N3O5S2. The molecule has 0 saturated heterocycles. The van der Waals surface area contributed by atoms with Crippen molar-refractivity contribution in [3.8, 4) is 0 Å². The molecule has 0 aliphatic carbocycles. The van der Waals surface area contributed by atoms with Crippen LogP contribution >= 0.6 is 12.2 Å². The largest absolute Gasteiger partial charge is 0.469 e. The van der Waals surface area contributed by atoms with Crippen LogP contribution in [-0.2, 0) is 30.8 Å². The zero-order valence-corrected chi connectivity index (χ0v) is 17.9. The normalized spacial score (nSPS) is 12.8. The Kier molecular flexibility index (Phi) is 6.68. The van der Waals surface area contributed by atoms with Gasteiger partial charge in [0.15, 0.2) is 5.11 Å². The molecule has 0 bridgehead atoms. The summed E-state index contributed by atoms with van der Waals surface area (Å²) in [5.74, 6) is -0.911. The van der Waals surface area contributed by atoms with Crippen LogP contribution in [0.4, 0.5) is 11.4 Å². The molecule has 1 aliphatic rings. The third kappa shape index (κ3) is 4.95. The number of nitrogens with zero attached hydrogens (tertiary/aromatic N) is 1. The van der Waals surface area contributed by atoms with Crippen molar-refractivity contribution in [2.24, 2.45) is 0 Å². The van der Waals surface area contributed by atoms with Gasteiger partial charge in [0.2, 0.25) is 5.91 Å². The molecule has 0 saturated carbocycles. The molecule has 3 rings (SSSR count). The highest BCUT2D eigenvalue weighted by Gasteiger charge is 2.30. The Balaban J connectivity index is 1.62. The Morgan fingerprint density at radius 1 is 1.10 bits per heavy atom. The van der Waals surface area contributed by atoms with Crippen molar-refractivity contribution in [2.45, 2.75) is 24.2 Å². The van der Waals surface area contributed by atoms with Gasteiger partial charge >= 0.3 is 5.97 Å². The lowest BCUT2D eigenvalue weighted by molar-refractivity contribution is -0.142. The molecule has 0 fully saturated rings. The van der Waals surface area contributed by atoms with Gasteiger partial charge in [-0.1, -0.05) is 18.2 Å². The highest BCUT2D eigenvalue weighted by molar-refractivity contribution is 7.92. The van der Waals surface area contributed by atoms with Crippen LogP contribution in [0.2, 0.25) is 0 Å². The fourth-order valence-corrected chi connectivity index (χ4v) is 4.80. The van der Waals surface area contributed by atoms with Gasteiger partial charge in [0, 0.05) is 18.7 Å². The number of para-hydroxylation sites is 1. The van der Waals surface area contributed by atoms with Gasteiger partial charge in [0.05, 0.1) is 24.1 Å². The van der Waals surface area contributed by atoms with E-state index in [4.69, 9.17) is 12.2 Å². The van der Waals surface area contributed by atoms with E-state index in [0.29, 0.717) is 24.3 Å². The number of methoxy groups -OCH3 is 1. The van der Waals surface area contributed by atoms with Gasteiger partial charge < -0.3 is 15.4 Å². The van der Waals surface area contributed by atoms with Gasteiger partial charge in [-0.3, -0.25) is 13.9 Å². The summed E-state index contributed by atoms with van der Waals surface area (Å²) in [6.07, 6.45) is 0.582. The van der Waals surface area contributed by atoms with E-state index in [2.05, 4.69) is 15.4 Å². The second kappa shape index (κ2) is 9.23. The van der Waals surface area contributed by atoms with Crippen molar-refractivity contribution >= 4 is 50.6 Å². The number of sulfonamides is 1. The summed E-state index contributed by atoms with van der Waals surface area (Å²) in [6.45, 7) is 0.406. The molecule has 1 heterocycles. The number of fused-ring (bicyclic) bond motifs is 1. The van der Waals surface area contributed by atoms with Gasteiger partial charge in [-0.2, -0.15) is 0 Å². The fourth-order valence-electron chi connectivity index (χ4n) is 3.06. The minimum atomic E-state index is -3.68. The van der Waals surface area contributed by atoms with E-state index < -0.39 is 21.9 Å². The molecule has 2 aromatic carbocycles. The Morgan fingerprint density at radius 3 is 2.50 bits per heavy atom. The van der Waals surface area contributed by atoms with Crippen molar-refractivity contribution in [1.29, 1.82) is 0 Å². The second-order valence-corrected chi connectivity index (χ2v) is 8.83. The van der Waals surface area contributed by atoms with Crippen LogP contribution in [0.15, 0.2) is 53.4 Å². The number of hydrogen-bond donors (Lipinski definition) is 2. The predicted octanol–water partition coefficient (Wildman–Crippen LogP) is 2.20. The predicted molar refractivity (Wildman–Crippen MR) is 117 cm³/mol. The minimum absolute atomic E-state index is 0.0445. The monoisotopic (exact) mass is 447 g/mol. The first-order valence-corrected chi connectivity index (χ1v) is 11.0. The third-order valence-electron chi connectivity index (χ3n) is 4.58. The van der Waals surface area contributed by atoms with E-state index in [1.165, 1.54) is 23.5 Å². The van der Waals surface area contributed by atoms with Crippen molar-refractivity contribution in [2.75, 3.05) is 23.3 Å². The van der Waals surface area contributed by atoms with Gasteiger partial charge in [0.25, 0.3) is 10.0 Å². The Bertz CT molecular complexity index is 1070. The standard InChI is InChI=1S/C20H21N3O5S2/c1-28-19(25)11-10-18(24)22-20(29)21-15-6-8-16(9-7-15)30(26,27)23-13-12-14-4-2-3-5-17(14)23/h2-9H,10-13H2,1H3,(H2,21,22,24,29). The van der Waals surface area contributed by atoms with E-state index in [1.807, 2.05) is 18.2 Å². The number of esters is 1. The van der Waals surface area contributed by atoms with E-state index in [-0.39, 0.29) is 22.8 Å². The van der Waals surface area contributed by atoms with E-state index in [9.17, 15) is 18.0 Å². The molecule has 1 aliphatic heterocycles. The van der Waals surface area contributed by atoms with Crippen molar-refractivity contribution in [3.05, 3.63) is 54.1 Å². The highest BCUT2D eigenvalue weighted by atomic mass is 32.2. The maximum Gasteiger partial charge on any atom is 0.306 e. The van der Waals surface area contributed by atoms with E-state index in [1.54, 1.807) is 18.2 Å². The average Bonchev–Trinajstić information content (AvgIpc) is 3.17. The number of anilines is 2. The molecule has 0 radical (unpaired) electrons.